The molecule has 0 radical (unpaired) electrons. The van der Waals surface area contributed by atoms with E-state index in [1.165, 1.54) is 105 Å². The lowest BCUT2D eigenvalue weighted by Crippen LogP contribution is -2.33. The maximum Gasteiger partial charge on any atom is 0.0582 e. The van der Waals surface area contributed by atoms with Crippen molar-refractivity contribution in [2.75, 3.05) is 0 Å². The molecule has 2 aliphatic heterocycles. The highest BCUT2D eigenvalue weighted by molar-refractivity contribution is 6.14. The molecule has 3 heterocycles. The highest BCUT2D eigenvalue weighted by Crippen LogP contribution is 2.57. The molecular formula is C54H41N. The fourth-order valence-corrected chi connectivity index (χ4v) is 11.1. The Morgan fingerprint density at radius 3 is 2.07 bits per heavy atom. The predicted octanol–water partition coefficient (Wildman–Crippen LogP) is 13.6. The Hall–Kier alpha value is -6.18. The molecule has 2 atom stereocenters. The predicted molar refractivity (Wildman–Crippen MR) is 230 cm³/mol. The SMILES string of the molecule is CC1(C)c2cccc3c2-n2c4c1cccc4c1cc(C4c5ccccc5C(c5cccc(-c6ccc7ccccc7c6)c5)=C5C=CC=CC54)cc(c12)C3(C)C. The second kappa shape index (κ2) is 10.7. The minimum absolute atomic E-state index is 0.0884. The maximum absolute atomic E-state index is 2.64. The van der Waals surface area contributed by atoms with E-state index in [9.17, 15) is 0 Å². The van der Waals surface area contributed by atoms with Crippen molar-refractivity contribution in [3.63, 3.8) is 0 Å². The largest absolute Gasteiger partial charge is 0.308 e. The number of fused-ring (bicyclic) bond motifs is 4. The van der Waals surface area contributed by atoms with Crippen LogP contribution in [0.2, 0.25) is 0 Å². The first-order valence-corrected chi connectivity index (χ1v) is 19.8. The first-order chi connectivity index (χ1) is 26.8. The molecule has 0 spiro atoms. The van der Waals surface area contributed by atoms with E-state index in [-0.39, 0.29) is 22.7 Å². The summed E-state index contributed by atoms with van der Waals surface area (Å²) in [6.07, 6.45) is 9.36. The molecule has 8 aromatic rings. The van der Waals surface area contributed by atoms with Crippen LogP contribution in [0, 0.1) is 5.92 Å². The fraction of sp³-hybridized carbons (Fsp3) is 0.148. The minimum atomic E-state index is -0.166. The third-order valence-corrected chi connectivity index (χ3v) is 13.7. The van der Waals surface area contributed by atoms with Gasteiger partial charge in [-0.1, -0.05) is 173 Å². The van der Waals surface area contributed by atoms with Gasteiger partial charge in [0.15, 0.2) is 0 Å². The van der Waals surface area contributed by atoms with Crippen LogP contribution in [0.25, 0.3) is 55.0 Å². The fourth-order valence-electron chi connectivity index (χ4n) is 11.1. The molecule has 1 nitrogen and oxygen atoms in total. The highest BCUT2D eigenvalue weighted by atomic mass is 15.0. The standard InChI is InChI=1S/C54H41N/c1-53(2)44-23-12-22-42-43-30-37(31-47-51(43)55(50(42)44)52-45(53)24-13-25-46(52)54(47,3)4)49-40-20-9-7-18-38(40)48(39-19-8-10-21-41(39)49)36-17-11-16-34(29-36)35-27-26-32-14-5-6-15-33(32)28-35/h5-31,40,49H,1-4H3. The van der Waals surface area contributed by atoms with Gasteiger partial charge in [-0.25, -0.2) is 0 Å². The molecule has 0 fully saturated rings. The van der Waals surface area contributed by atoms with Gasteiger partial charge in [0.2, 0.25) is 0 Å². The molecule has 0 saturated carbocycles. The minimum Gasteiger partial charge on any atom is -0.308 e. The number of hydrogen-bond acceptors (Lipinski definition) is 0. The Bertz CT molecular complexity index is 3100. The zero-order valence-corrected chi connectivity index (χ0v) is 31.7. The third kappa shape index (κ3) is 4.03. The van der Waals surface area contributed by atoms with Crippen LogP contribution in [0.3, 0.4) is 0 Å². The summed E-state index contributed by atoms with van der Waals surface area (Å²) in [5.41, 5.74) is 20.3. The van der Waals surface area contributed by atoms with Gasteiger partial charge in [0, 0.05) is 33.4 Å². The number of para-hydroxylation sites is 2. The summed E-state index contributed by atoms with van der Waals surface area (Å²) in [6.45, 7) is 9.73. The van der Waals surface area contributed by atoms with Crippen LogP contribution < -0.4 is 0 Å². The zero-order valence-electron chi connectivity index (χ0n) is 31.7. The summed E-state index contributed by atoms with van der Waals surface area (Å²) >= 11 is 0. The second-order valence-corrected chi connectivity index (χ2v) is 17.3. The maximum atomic E-state index is 2.64. The molecule has 55 heavy (non-hydrogen) atoms. The van der Waals surface area contributed by atoms with E-state index in [0.717, 1.165) is 0 Å². The zero-order chi connectivity index (χ0) is 36.8. The van der Waals surface area contributed by atoms with Gasteiger partial charge >= 0.3 is 0 Å². The number of benzene rings is 7. The third-order valence-electron chi connectivity index (χ3n) is 13.7. The summed E-state index contributed by atoms with van der Waals surface area (Å²) in [4.78, 5) is 0. The van der Waals surface area contributed by atoms with Crippen molar-refractivity contribution >= 4 is 38.2 Å². The van der Waals surface area contributed by atoms with Crippen molar-refractivity contribution in [3.05, 3.63) is 214 Å². The van der Waals surface area contributed by atoms with Crippen LogP contribution in [0.4, 0.5) is 0 Å². The quantitative estimate of drug-likeness (QED) is 0.173. The first kappa shape index (κ1) is 31.2. The molecule has 0 N–H and O–H groups in total. The first-order valence-electron chi connectivity index (χ1n) is 19.8. The number of hydrogen-bond donors (Lipinski definition) is 0. The molecular weight excluding hydrogens is 663 g/mol. The number of nitrogens with zero attached hydrogens (tertiary/aromatic N) is 1. The molecule has 12 rings (SSSR count). The molecule has 0 saturated heterocycles. The number of aromatic nitrogens is 1. The van der Waals surface area contributed by atoms with Crippen LogP contribution >= 0.6 is 0 Å². The van der Waals surface area contributed by atoms with Crippen LogP contribution in [0.1, 0.15) is 78.1 Å². The van der Waals surface area contributed by atoms with Crippen LogP contribution in [-0.4, -0.2) is 4.57 Å². The summed E-state index contributed by atoms with van der Waals surface area (Å²) in [5.74, 6) is 0.375. The Labute approximate surface area is 322 Å². The van der Waals surface area contributed by atoms with E-state index in [1.807, 2.05) is 0 Å². The second-order valence-electron chi connectivity index (χ2n) is 17.3. The molecule has 262 valence electrons. The van der Waals surface area contributed by atoms with Gasteiger partial charge in [0.05, 0.1) is 16.7 Å². The summed E-state index contributed by atoms with van der Waals surface area (Å²) in [7, 11) is 0. The van der Waals surface area contributed by atoms with Crippen LogP contribution in [0.15, 0.2) is 169 Å². The van der Waals surface area contributed by atoms with Crippen molar-refractivity contribution < 1.29 is 0 Å². The molecule has 4 aliphatic rings. The van der Waals surface area contributed by atoms with Gasteiger partial charge in [-0.2, -0.15) is 0 Å². The lowest BCUT2D eigenvalue weighted by Gasteiger charge is -2.42. The monoisotopic (exact) mass is 703 g/mol. The smallest absolute Gasteiger partial charge is 0.0582 e. The molecule has 1 heteroatoms. The van der Waals surface area contributed by atoms with Crippen molar-refractivity contribution in [1.82, 2.24) is 4.57 Å². The van der Waals surface area contributed by atoms with Crippen molar-refractivity contribution in [2.24, 2.45) is 5.92 Å². The highest BCUT2D eigenvalue weighted by Gasteiger charge is 2.44. The van der Waals surface area contributed by atoms with Crippen LogP contribution in [0.5, 0.6) is 0 Å². The molecule has 0 amide bonds. The van der Waals surface area contributed by atoms with Gasteiger partial charge < -0.3 is 4.57 Å². The van der Waals surface area contributed by atoms with E-state index in [2.05, 4.69) is 196 Å². The number of allylic oxidation sites excluding steroid dienone is 5. The normalized spacial score (nSPS) is 19.3. The van der Waals surface area contributed by atoms with E-state index < -0.39 is 0 Å². The van der Waals surface area contributed by atoms with Gasteiger partial charge in [0.25, 0.3) is 0 Å². The summed E-state index contributed by atoms with van der Waals surface area (Å²) in [5, 5.41) is 5.29. The Morgan fingerprint density at radius 2 is 1.20 bits per heavy atom. The Kier molecular flexibility index (Phi) is 6.09. The Morgan fingerprint density at radius 1 is 0.509 bits per heavy atom. The van der Waals surface area contributed by atoms with Crippen molar-refractivity contribution in [3.8, 4) is 16.8 Å². The molecule has 7 aromatic carbocycles. The molecule has 2 aliphatic carbocycles. The van der Waals surface area contributed by atoms with Gasteiger partial charge in [-0.05, 0) is 95.8 Å². The van der Waals surface area contributed by atoms with Crippen molar-refractivity contribution in [1.29, 1.82) is 0 Å². The molecule has 0 bridgehead atoms. The van der Waals surface area contributed by atoms with E-state index in [4.69, 9.17) is 0 Å². The van der Waals surface area contributed by atoms with Gasteiger partial charge in [-0.15, -0.1) is 0 Å². The number of rotatable bonds is 3. The van der Waals surface area contributed by atoms with E-state index >= 15 is 0 Å². The lowest BCUT2D eigenvalue weighted by molar-refractivity contribution is 0.591. The lowest BCUT2D eigenvalue weighted by atomic mass is 9.65. The molecule has 2 unspecified atom stereocenters. The topological polar surface area (TPSA) is 4.93 Å². The van der Waals surface area contributed by atoms with Gasteiger partial charge in [-0.3, -0.25) is 0 Å². The summed E-state index contributed by atoms with van der Waals surface area (Å²) in [6, 6.07) is 53.2. The average Bonchev–Trinajstić information content (AvgIpc) is 3.55. The van der Waals surface area contributed by atoms with Gasteiger partial charge in [0.1, 0.15) is 0 Å². The Balaban J connectivity index is 1.09. The van der Waals surface area contributed by atoms with Crippen LogP contribution in [-0.2, 0) is 10.8 Å². The van der Waals surface area contributed by atoms with Crippen molar-refractivity contribution in [2.45, 2.75) is 44.4 Å². The van der Waals surface area contributed by atoms with E-state index in [1.54, 1.807) is 0 Å². The average molecular weight is 704 g/mol. The molecule has 1 aromatic heterocycles. The van der Waals surface area contributed by atoms with E-state index in [0.29, 0.717) is 0 Å². The summed E-state index contributed by atoms with van der Waals surface area (Å²) < 4.78 is 2.64.